The van der Waals surface area contributed by atoms with Crippen LogP contribution in [0.2, 0.25) is 0 Å². The van der Waals surface area contributed by atoms with Crippen LogP contribution in [0.1, 0.15) is 24.3 Å². The third-order valence-electron chi connectivity index (χ3n) is 3.93. The summed E-state index contributed by atoms with van der Waals surface area (Å²) in [6.07, 6.45) is 6.35. The zero-order chi connectivity index (χ0) is 12.4. The van der Waals surface area contributed by atoms with Crippen LogP contribution >= 0.6 is 0 Å². The van der Waals surface area contributed by atoms with Crippen molar-refractivity contribution in [3.63, 3.8) is 0 Å². The van der Waals surface area contributed by atoms with Crippen molar-refractivity contribution >= 4 is 5.95 Å². The maximum atomic E-state index is 4.44. The highest BCUT2D eigenvalue weighted by atomic mass is 15.1. The maximum Gasteiger partial charge on any atom is 0.222 e. The van der Waals surface area contributed by atoms with E-state index in [-0.39, 0.29) is 0 Å². The van der Waals surface area contributed by atoms with Gasteiger partial charge in [0.05, 0.1) is 0 Å². The largest absolute Gasteiger partial charge is 0.350 e. The number of nitrogens with zero attached hydrogens (tertiary/aromatic N) is 3. The van der Waals surface area contributed by atoms with Crippen LogP contribution in [-0.4, -0.2) is 54.1 Å². The monoisotopic (exact) mass is 247 g/mol. The highest BCUT2D eigenvalue weighted by molar-refractivity contribution is 5.28. The lowest BCUT2D eigenvalue weighted by Gasteiger charge is -2.13. The summed E-state index contributed by atoms with van der Waals surface area (Å²) in [7, 11) is 2.17. The Balaban J connectivity index is 1.61. The molecule has 5 nitrogen and oxygen atoms in total. The van der Waals surface area contributed by atoms with Gasteiger partial charge in [-0.2, -0.15) is 0 Å². The molecule has 3 heterocycles. The minimum absolute atomic E-state index is 0.480. The van der Waals surface area contributed by atoms with Gasteiger partial charge >= 0.3 is 0 Å². The Labute approximate surface area is 108 Å². The minimum Gasteiger partial charge on any atom is -0.350 e. The molecule has 0 bridgehead atoms. The van der Waals surface area contributed by atoms with Crippen molar-refractivity contribution in [2.24, 2.45) is 0 Å². The molecule has 2 unspecified atom stereocenters. The number of rotatable bonds is 3. The van der Waals surface area contributed by atoms with Crippen LogP contribution < -0.4 is 10.6 Å². The summed E-state index contributed by atoms with van der Waals surface area (Å²) in [4.78, 5) is 11.2. The lowest BCUT2D eigenvalue weighted by molar-refractivity contribution is 0.411. The van der Waals surface area contributed by atoms with E-state index in [0.29, 0.717) is 12.0 Å². The fraction of sp³-hybridized carbons (Fsp3) is 0.692. The fourth-order valence-corrected chi connectivity index (χ4v) is 2.79. The van der Waals surface area contributed by atoms with Crippen molar-refractivity contribution in [2.45, 2.75) is 24.8 Å². The summed E-state index contributed by atoms with van der Waals surface area (Å²) in [5.74, 6) is 1.37. The summed E-state index contributed by atoms with van der Waals surface area (Å²) < 4.78 is 0. The molecule has 18 heavy (non-hydrogen) atoms. The van der Waals surface area contributed by atoms with E-state index < -0.39 is 0 Å². The van der Waals surface area contributed by atoms with Crippen molar-refractivity contribution in [1.82, 2.24) is 20.2 Å². The predicted octanol–water partition coefficient (Wildman–Crippen LogP) is 0.669. The Morgan fingerprint density at radius 2 is 2.17 bits per heavy atom. The second-order valence-electron chi connectivity index (χ2n) is 5.42. The van der Waals surface area contributed by atoms with E-state index in [9.17, 15) is 0 Å². The molecule has 2 aliphatic rings. The van der Waals surface area contributed by atoms with Gasteiger partial charge in [0.2, 0.25) is 5.95 Å². The third kappa shape index (κ3) is 2.62. The summed E-state index contributed by atoms with van der Waals surface area (Å²) in [6.45, 7) is 4.41. The lowest BCUT2D eigenvalue weighted by atomic mass is 10.0. The average molecular weight is 247 g/mol. The van der Waals surface area contributed by atoms with Crippen LogP contribution in [0.4, 0.5) is 5.95 Å². The van der Waals surface area contributed by atoms with Crippen LogP contribution in [0.25, 0.3) is 0 Å². The van der Waals surface area contributed by atoms with Crippen LogP contribution in [0, 0.1) is 0 Å². The van der Waals surface area contributed by atoms with Crippen LogP contribution in [0.15, 0.2) is 12.4 Å². The Morgan fingerprint density at radius 3 is 2.78 bits per heavy atom. The minimum atomic E-state index is 0.480. The van der Waals surface area contributed by atoms with Crippen molar-refractivity contribution < 1.29 is 0 Å². The van der Waals surface area contributed by atoms with Gasteiger partial charge in [0.1, 0.15) is 0 Å². The second-order valence-corrected chi connectivity index (χ2v) is 5.42. The molecular formula is C13H21N5. The van der Waals surface area contributed by atoms with Gasteiger partial charge in [-0.3, -0.25) is 0 Å². The molecule has 2 aliphatic heterocycles. The van der Waals surface area contributed by atoms with Crippen LogP contribution in [0.5, 0.6) is 0 Å². The van der Waals surface area contributed by atoms with Gasteiger partial charge in [-0.1, -0.05) is 0 Å². The Morgan fingerprint density at radius 1 is 1.33 bits per heavy atom. The molecule has 1 aromatic heterocycles. The summed E-state index contributed by atoms with van der Waals surface area (Å²) in [5, 5.41) is 6.70. The molecular weight excluding hydrogens is 226 g/mol. The molecule has 2 saturated heterocycles. The second kappa shape index (κ2) is 5.20. The van der Waals surface area contributed by atoms with Crippen LogP contribution in [-0.2, 0) is 0 Å². The smallest absolute Gasteiger partial charge is 0.222 e. The molecule has 98 valence electrons. The molecule has 0 aromatic carbocycles. The highest BCUT2D eigenvalue weighted by Gasteiger charge is 2.22. The molecule has 0 radical (unpaired) electrons. The molecule has 0 amide bonds. The number of hydrogen-bond donors (Lipinski definition) is 2. The quantitative estimate of drug-likeness (QED) is 0.822. The van der Waals surface area contributed by atoms with E-state index in [1.54, 1.807) is 0 Å². The summed E-state index contributed by atoms with van der Waals surface area (Å²) >= 11 is 0. The van der Waals surface area contributed by atoms with Crippen molar-refractivity contribution in [3.05, 3.63) is 18.0 Å². The normalized spacial score (nSPS) is 28.7. The zero-order valence-electron chi connectivity index (χ0n) is 10.9. The number of likely N-dealkylation sites (N-methyl/N-ethyl adjacent to an activating group) is 1. The number of nitrogens with one attached hydrogen (secondary N) is 2. The van der Waals surface area contributed by atoms with Gasteiger partial charge in [-0.15, -0.1) is 0 Å². The van der Waals surface area contributed by atoms with E-state index in [0.717, 1.165) is 32.0 Å². The summed E-state index contributed by atoms with van der Waals surface area (Å²) in [5.41, 5.74) is 1.27. The number of hydrogen-bond acceptors (Lipinski definition) is 5. The Hall–Kier alpha value is -1.20. The standard InChI is InChI=1S/C13H21N5/c1-18-5-3-10(9-18)11-6-15-13(16-7-11)17-12-2-4-14-8-12/h6-7,10,12,14H,2-5,8-9H2,1H3,(H,15,16,17). The van der Waals surface area contributed by atoms with Crippen molar-refractivity contribution in [2.75, 3.05) is 38.5 Å². The molecule has 2 atom stereocenters. The van der Waals surface area contributed by atoms with Crippen molar-refractivity contribution in [3.8, 4) is 0 Å². The molecule has 0 saturated carbocycles. The molecule has 0 spiro atoms. The molecule has 5 heteroatoms. The van der Waals surface area contributed by atoms with E-state index in [1.807, 2.05) is 12.4 Å². The SMILES string of the molecule is CN1CCC(c2cnc(NC3CCNC3)nc2)C1. The van der Waals surface area contributed by atoms with Gasteiger partial charge in [0, 0.05) is 37.4 Å². The average Bonchev–Trinajstić information content (AvgIpc) is 3.02. The van der Waals surface area contributed by atoms with Gasteiger partial charge in [0.25, 0.3) is 0 Å². The van der Waals surface area contributed by atoms with Gasteiger partial charge in [-0.25, -0.2) is 9.97 Å². The van der Waals surface area contributed by atoms with Gasteiger partial charge in [-0.05, 0) is 38.5 Å². The molecule has 1 aromatic rings. The molecule has 0 aliphatic carbocycles. The Bertz CT molecular complexity index is 385. The van der Waals surface area contributed by atoms with E-state index in [2.05, 4.69) is 32.5 Å². The number of aromatic nitrogens is 2. The Kier molecular flexibility index (Phi) is 3.43. The first-order valence-electron chi connectivity index (χ1n) is 6.79. The van der Waals surface area contributed by atoms with E-state index >= 15 is 0 Å². The molecule has 2 N–H and O–H groups in total. The topological polar surface area (TPSA) is 53.1 Å². The first-order valence-corrected chi connectivity index (χ1v) is 6.79. The van der Waals surface area contributed by atoms with Gasteiger partial charge < -0.3 is 15.5 Å². The number of likely N-dealkylation sites (tertiary alicyclic amines) is 1. The zero-order valence-corrected chi connectivity index (χ0v) is 10.9. The molecule has 2 fully saturated rings. The third-order valence-corrected chi connectivity index (χ3v) is 3.93. The number of anilines is 1. The van der Waals surface area contributed by atoms with Gasteiger partial charge in [0.15, 0.2) is 0 Å². The van der Waals surface area contributed by atoms with Crippen LogP contribution in [0.3, 0.4) is 0 Å². The van der Waals surface area contributed by atoms with Crippen molar-refractivity contribution in [1.29, 1.82) is 0 Å². The van der Waals surface area contributed by atoms with E-state index in [4.69, 9.17) is 0 Å². The first-order chi connectivity index (χ1) is 8.81. The predicted molar refractivity (Wildman–Crippen MR) is 71.8 cm³/mol. The molecule has 3 rings (SSSR count). The first kappa shape index (κ1) is 11.9. The lowest BCUT2D eigenvalue weighted by Crippen LogP contribution is -2.23. The highest BCUT2D eigenvalue weighted by Crippen LogP contribution is 2.25. The fourth-order valence-electron chi connectivity index (χ4n) is 2.79. The maximum absolute atomic E-state index is 4.44. The van der Waals surface area contributed by atoms with E-state index in [1.165, 1.54) is 18.5 Å². The summed E-state index contributed by atoms with van der Waals surface area (Å²) in [6, 6.07) is 0.480.